The molecule has 1 aliphatic rings. The highest BCUT2D eigenvalue weighted by Gasteiger charge is 2.31. The third kappa shape index (κ3) is 3.63. The van der Waals surface area contributed by atoms with Crippen LogP contribution in [0.1, 0.15) is 26.7 Å². The molecule has 0 spiro atoms. The molecule has 0 radical (unpaired) electrons. The van der Waals surface area contributed by atoms with Gasteiger partial charge in [0.1, 0.15) is 5.60 Å². The Bertz CT molecular complexity index is 144. The van der Waals surface area contributed by atoms with Crippen molar-refractivity contribution in [2.75, 3.05) is 26.3 Å². The molecule has 13 heavy (non-hydrogen) atoms. The van der Waals surface area contributed by atoms with Crippen LogP contribution in [0, 0.1) is 5.92 Å². The molecule has 0 aliphatic carbocycles. The van der Waals surface area contributed by atoms with Crippen molar-refractivity contribution in [1.29, 1.82) is 0 Å². The van der Waals surface area contributed by atoms with Crippen LogP contribution in [0.15, 0.2) is 0 Å². The van der Waals surface area contributed by atoms with Crippen molar-refractivity contribution in [2.45, 2.75) is 32.3 Å². The van der Waals surface area contributed by atoms with Gasteiger partial charge >= 0.3 is 0 Å². The molecule has 1 heterocycles. The summed E-state index contributed by atoms with van der Waals surface area (Å²) in [7, 11) is 0. The Kier molecular flexibility index (Phi) is 4.16. The first-order chi connectivity index (χ1) is 6.16. The molecule has 3 nitrogen and oxygen atoms in total. The van der Waals surface area contributed by atoms with Crippen LogP contribution in [-0.2, 0) is 4.74 Å². The van der Waals surface area contributed by atoms with Crippen LogP contribution in [0.2, 0.25) is 0 Å². The van der Waals surface area contributed by atoms with Gasteiger partial charge in [-0.2, -0.15) is 0 Å². The molecule has 0 bridgehead atoms. The molecular weight excluding hydrogens is 166 g/mol. The molecule has 2 N–H and O–H groups in total. The van der Waals surface area contributed by atoms with Crippen LogP contribution in [0.5, 0.6) is 0 Å². The molecule has 0 saturated carbocycles. The van der Waals surface area contributed by atoms with Crippen LogP contribution in [0.25, 0.3) is 0 Å². The first-order valence-corrected chi connectivity index (χ1v) is 5.17. The lowest BCUT2D eigenvalue weighted by Crippen LogP contribution is -2.42. The largest absolute Gasteiger partial charge is 0.386 e. The van der Waals surface area contributed by atoms with E-state index in [4.69, 9.17) is 4.74 Å². The minimum Gasteiger partial charge on any atom is -0.386 e. The van der Waals surface area contributed by atoms with Crippen molar-refractivity contribution in [2.24, 2.45) is 5.92 Å². The summed E-state index contributed by atoms with van der Waals surface area (Å²) >= 11 is 0. The van der Waals surface area contributed by atoms with E-state index in [0.717, 1.165) is 13.0 Å². The van der Waals surface area contributed by atoms with Crippen LogP contribution < -0.4 is 5.32 Å². The number of nitrogens with one attached hydrogen (secondary N) is 1. The number of hydrogen-bond acceptors (Lipinski definition) is 3. The fraction of sp³-hybridized carbons (Fsp3) is 1.00. The molecule has 1 fully saturated rings. The monoisotopic (exact) mass is 187 g/mol. The van der Waals surface area contributed by atoms with E-state index in [1.807, 2.05) is 0 Å². The first kappa shape index (κ1) is 11.0. The molecule has 3 heteroatoms. The lowest BCUT2D eigenvalue weighted by atomic mass is 10.0. The summed E-state index contributed by atoms with van der Waals surface area (Å²) in [5.41, 5.74) is -0.604. The summed E-state index contributed by atoms with van der Waals surface area (Å²) in [5.74, 6) is 0.686. The van der Waals surface area contributed by atoms with Crippen LogP contribution in [0.4, 0.5) is 0 Å². The van der Waals surface area contributed by atoms with E-state index in [1.54, 1.807) is 0 Å². The van der Waals surface area contributed by atoms with Gasteiger partial charge in [0.2, 0.25) is 0 Å². The highest BCUT2D eigenvalue weighted by molar-refractivity contribution is 4.84. The van der Waals surface area contributed by atoms with Crippen molar-refractivity contribution in [1.82, 2.24) is 5.32 Å². The SMILES string of the molecule is CCC(C)CNCC1(O)CCOC1. The fourth-order valence-corrected chi connectivity index (χ4v) is 1.43. The standard InChI is InChI=1S/C10H21NO2/c1-3-9(2)6-11-7-10(12)4-5-13-8-10/h9,11-12H,3-8H2,1-2H3. The predicted octanol–water partition coefficient (Wildman–Crippen LogP) is 0.773. The first-order valence-electron chi connectivity index (χ1n) is 5.17. The van der Waals surface area contributed by atoms with Gasteiger partial charge in [0.15, 0.2) is 0 Å². The smallest absolute Gasteiger partial charge is 0.102 e. The summed E-state index contributed by atoms with van der Waals surface area (Å²) < 4.78 is 5.15. The normalized spacial score (nSPS) is 30.7. The van der Waals surface area contributed by atoms with E-state index < -0.39 is 5.60 Å². The molecular formula is C10H21NO2. The Morgan fingerprint density at radius 3 is 2.92 bits per heavy atom. The highest BCUT2D eigenvalue weighted by atomic mass is 16.5. The maximum Gasteiger partial charge on any atom is 0.102 e. The van der Waals surface area contributed by atoms with Crippen LogP contribution in [0.3, 0.4) is 0 Å². The van der Waals surface area contributed by atoms with E-state index in [-0.39, 0.29) is 0 Å². The summed E-state index contributed by atoms with van der Waals surface area (Å²) in [6, 6.07) is 0. The number of ether oxygens (including phenoxy) is 1. The second-order valence-corrected chi connectivity index (χ2v) is 4.17. The molecule has 0 amide bonds. The zero-order valence-electron chi connectivity index (χ0n) is 8.68. The second-order valence-electron chi connectivity index (χ2n) is 4.17. The van der Waals surface area contributed by atoms with E-state index >= 15 is 0 Å². The number of hydrogen-bond donors (Lipinski definition) is 2. The van der Waals surface area contributed by atoms with E-state index in [2.05, 4.69) is 19.2 Å². The average Bonchev–Trinajstić information content (AvgIpc) is 2.52. The van der Waals surface area contributed by atoms with E-state index in [9.17, 15) is 5.11 Å². The summed E-state index contributed by atoms with van der Waals surface area (Å²) in [4.78, 5) is 0. The summed E-state index contributed by atoms with van der Waals surface area (Å²) in [5, 5.41) is 13.2. The predicted molar refractivity (Wildman–Crippen MR) is 52.7 cm³/mol. The molecule has 2 unspecified atom stereocenters. The third-order valence-corrected chi connectivity index (χ3v) is 2.73. The lowest BCUT2D eigenvalue weighted by molar-refractivity contribution is 0.0266. The van der Waals surface area contributed by atoms with Crippen molar-refractivity contribution in [3.05, 3.63) is 0 Å². The second kappa shape index (κ2) is 4.94. The van der Waals surface area contributed by atoms with Crippen molar-refractivity contribution in [3.8, 4) is 0 Å². The topological polar surface area (TPSA) is 41.5 Å². The Labute approximate surface area is 80.5 Å². The van der Waals surface area contributed by atoms with Gasteiger partial charge in [-0.05, 0) is 12.5 Å². The van der Waals surface area contributed by atoms with Gasteiger partial charge in [0, 0.05) is 19.6 Å². The summed E-state index contributed by atoms with van der Waals surface area (Å²) in [6.45, 7) is 7.22. The van der Waals surface area contributed by atoms with E-state index in [0.29, 0.717) is 25.7 Å². The van der Waals surface area contributed by atoms with Crippen LogP contribution >= 0.6 is 0 Å². The number of rotatable bonds is 5. The van der Waals surface area contributed by atoms with Gasteiger partial charge in [-0.3, -0.25) is 0 Å². The van der Waals surface area contributed by atoms with Gasteiger partial charge in [0.05, 0.1) is 6.61 Å². The maximum absolute atomic E-state index is 9.89. The highest BCUT2D eigenvalue weighted by Crippen LogP contribution is 2.16. The van der Waals surface area contributed by atoms with Gasteiger partial charge in [0.25, 0.3) is 0 Å². The quantitative estimate of drug-likeness (QED) is 0.668. The maximum atomic E-state index is 9.89. The molecule has 0 aromatic heterocycles. The summed E-state index contributed by atoms with van der Waals surface area (Å²) in [6.07, 6.45) is 1.95. The Balaban J connectivity index is 2.11. The molecule has 2 atom stereocenters. The zero-order valence-corrected chi connectivity index (χ0v) is 8.68. The Hall–Kier alpha value is -0.120. The Morgan fingerprint density at radius 1 is 1.62 bits per heavy atom. The van der Waals surface area contributed by atoms with Gasteiger partial charge in [-0.15, -0.1) is 0 Å². The molecule has 1 aliphatic heterocycles. The fourth-order valence-electron chi connectivity index (χ4n) is 1.43. The van der Waals surface area contributed by atoms with Crippen molar-refractivity contribution >= 4 is 0 Å². The molecule has 0 aromatic rings. The average molecular weight is 187 g/mol. The molecule has 78 valence electrons. The minimum absolute atomic E-state index is 0.487. The van der Waals surface area contributed by atoms with Gasteiger partial charge in [-0.25, -0.2) is 0 Å². The number of aliphatic hydroxyl groups is 1. The minimum atomic E-state index is -0.604. The molecule has 1 rings (SSSR count). The molecule has 0 aromatic carbocycles. The Morgan fingerprint density at radius 2 is 2.38 bits per heavy atom. The van der Waals surface area contributed by atoms with Crippen molar-refractivity contribution < 1.29 is 9.84 Å². The lowest BCUT2D eigenvalue weighted by Gasteiger charge is -2.21. The van der Waals surface area contributed by atoms with Crippen LogP contribution in [-0.4, -0.2) is 37.0 Å². The third-order valence-electron chi connectivity index (χ3n) is 2.73. The van der Waals surface area contributed by atoms with Gasteiger partial charge < -0.3 is 15.2 Å². The zero-order chi connectivity index (χ0) is 9.73. The van der Waals surface area contributed by atoms with Gasteiger partial charge in [-0.1, -0.05) is 20.3 Å². The van der Waals surface area contributed by atoms with E-state index in [1.165, 1.54) is 6.42 Å². The van der Waals surface area contributed by atoms with Crippen molar-refractivity contribution in [3.63, 3.8) is 0 Å². The molecule has 1 saturated heterocycles.